The van der Waals surface area contributed by atoms with Crippen molar-refractivity contribution in [1.29, 1.82) is 0 Å². The number of nitrogens with zero attached hydrogens (tertiary/aromatic N) is 1. The molecule has 0 aliphatic carbocycles. The maximum atomic E-state index is 12.8. The number of benzene rings is 1. The average molecular weight is 324 g/mol. The molecule has 2 atom stereocenters. The van der Waals surface area contributed by atoms with Crippen LogP contribution in [0, 0.1) is 0 Å². The monoisotopic (exact) mass is 324 g/mol. The molecule has 0 radical (unpaired) electrons. The molecule has 7 nitrogen and oxygen atoms in total. The number of methoxy groups -OCH3 is 1. The number of hydrogen-bond donors (Lipinski definition) is 2. The zero-order chi connectivity index (χ0) is 16.8. The van der Waals surface area contributed by atoms with Crippen LogP contribution >= 0.6 is 0 Å². The van der Waals surface area contributed by atoms with E-state index in [0.29, 0.717) is 43.2 Å². The topological polar surface area (TPSA) is 94.3 Å². The first-order valence-electron chi connectivity index (χ1n) is 7.62. The van der Waals surface area contributed by atoms with Crippen LogP contribution in [0.2, 0.25) is 0 Å². The second-order valence-corrected chi connectivity index (χ2v) is 5.44. The van der Waals surface area contributed by atoms with Gasteiger partial charge in [0, 0.05) is 7.05 Å². The van der Waals surface area contributed by atoms with E-state index in [1.165, 1.54) is 12.0 Å². The first-order valence-corrected chi connectivity index (χ1v) is 7.62. The van der Waals surface area contributed by atoms with E-state index in [0.717, 1.165) is 0 Å². The second-order valence-electron chi connectivity index (χ2n) is 5.44. The third-order valence-electron chi connectivity index (χ3n) is 3.86. The van der Waals surface area contributed by atoms with Crippen molar-refractivity contribution in [1.82, 2.24) is 4.90 Å². The van der Waals surface area contributed by atoms with Crippen LogP contribution in [0.4, 0.5) is 0 Å². The van der Waals surface area contributed by atoms with Crippen molar-refractivity contribution in [3.63, 3.8) is 0 Å². The lowest BCUT2D eigenvalue weighted by Gasteiger charge is -2.26. The lowest BCUT2D eigenvalue weighted by molar-refractivity contribution is 0.0577. The molecule has 1 aromatic rings. The van der Waals surface area contributed by atoms with Crippen molar-refractivity contribution in [2.24, 2.45) is 5.73 Å². The van der Waals surface area contributed by atoms with Crippen molar-refractivity contribution in [2.75, 3.05) is 40.5 Å². The van der Waals surface area contributed by atoms with E-state index in [1.807, 2.05) is 0 Å². The lowest BCUT2D eigenvalue weighted by Crippen LogP contribution is -2.44. The molecular weight excluding hydrogens is 300 g/mol. The van der Waals surface area contributed by atoms with Gasteiger partial charge in [-0.1, -0.05) is 0 Å². The molecule has 3 N–H and O–H groups in total. The molecule has 1 fully saturated rings. The maximum absolute atomic E-state index is 12.8. The van der Waals surface area contributed by atoms with Crippen LogP contribution in [-0.2, 0) is 4.74 Å². The second kappa shape index (κ2) is 8.14. The highest BCUT2D eigenvalue weighted by Crippen LogP contribution is 2.27. The van der Waals surface area contributed by atoms with Gasteiger partial charge >= 0.3 is 0 Å². The normalized spacial score (nSPS) is 20.3. The van der Waals surface area contributed by atoms with E-state index in [9.17, 15) is 9.90 Å². The van der Waals surface area contributed by atoms with Gasteiger partial charge in [0.1, 0.15) is 11.5 Å². The van der Waals surface area contributed by atoms with E-state index >= 15 is 0 Å². The Morgan fingerprint density at radius 2 is 2.26 bits per heavy atom. The summed E-state index contributed by atoms with van der Waals surface area (Å²) in [5.41, 5.74) is 5.86. The van der Waals surface area contributed by atoms with Gasteiger partial charge in [0.2, 0.25) is 0 Å². The van der Waals surface area contributed by atoms with Gasteiger partial charge < -0.3 is 30.0 Å². The SMILES string of the molecule is COc1ccc(OCCCN)c(C(=O)N(C)[C@@H]2COC[C@H]2O)c1. The van der Waals surface area contributed by atoms with Gasteiger partial charge in [-0.2, -0.15) is 0 Å². The lowest BCUT2D eigenvalue weighted by atomic mass is 10.1. The molecule has 1 aliphatic heterocycles. The highest BCUT2D eigenvalue weighted by Gasteiger charge is 2.33. The molecule has 0 unspecified atom stereocenters. The maximum Gasteiger partial charge on any atom is 0.257 e. The van der Waals surface area contributed by atoms with Crippen LogP contribution in [0.25, 0.3) is 0 Å². The molecule has 7 heteroatoms. The number of carbonyl (C=O) groups excluding carboxylic acids is 1. The number of aliphatic hydroxyl groups is 1. The predicted octanol–water partition coefficient (Wildman–Crippen LogP) is 0.255. The molecule has 1 amide bonds. The Bertz CT molecular complexity index is 537. The number of hydrogen-bond acceptors (Lipinski definition) is 6. The van der Waals surface area contributed by atoms with Gasteiger partial charge in [-0.25, -0.2) is 0 Å². The quantitative estimate of drug-likeness (QED) is 0.699. The summed E-state index contributed by atoms with van der Waals surface area (Å²) in [4.78, 5) is 14.3. The summed E-state index contributed by atoms with van der Waals surface area (Å²) in [6, 6.07) is 4.71. The number of ether oxygens (including phenoxy) is 3. The van der Waals surface area contributed by atoms with Gasteiger partial charge in [0.25, 0.3) is 5.91 Å². The van der Waals surface area contributed by atoms with E-state index in [1.54, 1.807) is 25.2 Å². The largest absolute Gasteiger partial charge is 0.497 e. The number of aliphatic hydroxyl groups excluding tert-OH is 1. The zero-order valence-electron chi connectivity index (χ0n) is 13.5. The van der Waals surface area contributed by atoms with Crippen molar-refractivity contribution in [2.45, 2.75) is 18.6 Å². The number of likely N-dealkylation sites (N-methyl/N-ethyl adjacent to an activating group) is 1. The summed E-state index contributed by atoms with van der Waals surface area (Å²) in [7, 11) is 3.19. The first-order chi connectivity index (χ1) is 11.1. The minimum atomic E-state index is -0.684. The fourth-order valence-electron chi connectivity index (χ4n) is 2.44. The van der Waals surface area contributed by atoms with Gasteiger partial charge in [-0.15, -0.1) is 0 Å². The van der Waals surface area contributed by atoms with Gasteiger partial charge in [-0.3, -0.25) is 4.79 Å². The average Bonchev–Trinajstić information content (AvgIpc) is 3.00. The first kappa shape index (κ1) is 17.5. The van der Waals surface area contributed by atoms with Gasteiger partial charge in [0.15, 0.2) is 0 Å². The molecule has 0 spiro atoms. The Morgan fingerprint density at radius 3 is 2.87 bits per heavy atom. The van der Waals surface area contributed by atoms with Crippen LogP contribution in [-0.4, -0.2) is 68.6 Å². The van der Waals surface area contributed by atoms with Crippen LogP contribution in [0.3, 0.4) is 0 Å². The smallest absolute Gasteiger partial charge is 0.257 e. The molecule has 128 valence electrons. The summed E-state index contributed by atoms with van der Waals surface area (Å²) >= 11 is 0. The van der Waals surface area contributed by atoms with Crippen molar-refractivity contribution in [3.05, 3.63) is 23.8 Å². The molecule has 0 bridgehead atoms. The van der Waals surface area contributed by atoms with Crippen molar-refractivity contribution >= 4 is 5.91 Å². The number of amides is 1. The Kier molecular flexibility index (Phi) is 6.20. The Morgan fingerprint density at radius 1 is 1.48 bits per heavy atom. The molecule has 1 saturated heterocycles. The third-order valence-corrected chi connectivity index (χ3v) is 3.86. The predicted molar refractivity (Wildman–Crippen MR) is 84.9 cm³/mol. The number of rotatable bonds is 7. The molecule has 2 rings (SSSR count). The summed E-state index contributed by atoms with van der Waals surface area (Å²) in [5.74, 6) is 0.793. The highest BCUT2D eigenvalue weighted by molar-refractivity contribution is 5.97. The van der Waals surface area contributed by atoms with Gasteiger partial charge in [-0.05, 0) is 31.2 Å². The van der Waals surface area contributed by atoms with E-state index in [-0.39, 0.29) is 18.6 Å². The third kappa shape index (κ3) is 4.13. The van der Waals surface area contributed by atoms with Gasteiger partial charge in [0.05, 0.1) is 44.6 Å². The molecule has 0 aromatic heterocycles. The van der Waals surface area contributed by atoms with E-state index < -0.39 is 6.10 Å². The molecular formula is C16H24N2O5. The minimum Gasteiger partial charge on any atom is -0.497 e. The Hall–Kier alpha value is -1.83. The highest BCUT2D eigenvalue weighted by atomic mass is 16.5. The summed E-state index contributed by atoms with van der Waals surface area (Å²) in [6.45, 7) is 1.50. The Balaban J connectivity index is 2.21. The van der Waals surface area contributed by atoms with Crippen molar-refractivity contribution in [3.8, 4) is 11.5 Å². The molecule has 0 saturated carbocycles. The number of carbonyl (C=O) groups is 1. The van der Waals surface area contributed by atoms with E-state index in [4.69, 9.17) is 19.9 Å². The van der Waals surface area contributed by atoms with Crippen LogP contribution < -0.4 is 15.2 Å². The summed E-state index contributed by atoms with van der Waals surface area (Å²) in [5, 5.41) is 9.91. The van der Waals surface area contributed by atoms with Crippen LogP contribution in [0.15, 0.2) is 18.2 Å². The zero-order valence-corrected chi connectivity index (χ0v) is 13.5. The summed E-state index contributed by atoms with van der Waals surface area (Å²) in [6.07, 6.45) is 0.0150. The summed E-state index contributed by atoms with van der Waals surface area (Å²) < 4.78 is 16.1. The number of nitrogens with two attached hydrogens (primary N) is 1. The molecule has 1 heterocycles. The van der Waals surface area contributed by atoms with E-state index in [2.05, 4.69) is 0 Å². The minimum absolute atomic E-state index is 0.236. The molecule has 23 heavy (non-hydrogen) atoms. The molecule has 1 aromatic carbocycles. The van der Waals surface area contributed by atoms with Crippen LogP contribution in [0.1, 0.15) is 16.8 Å². The van der Waals surface area contributed by atoms with Crippen molar-refractivity contribution < 1.29 is 24.1 Å². The standard InChI is InChI=1S/C16H24N2O5/c1-18(13-9-22-10-14(13)19)16(20)12-8-11(21-2)4-5-15(12)23-7-3-6-17/h4-5,8,13-14,19H,3,6-7,9-10,17H2,1-2H3/t13-,14-/m1/s1. The Labute approximate surface area is 135 Å². The molecule has 1 aliphatic rings. The fourth-order valence-corrected chi connectivity index (χ4v) is 2.44. The van der Waals surface area contributed by atoms with Crippen LogP contribution in [0.5, 0.6) is 11.5 Å². The fraction of sp³-hybridized carbons (Fsp3) is 0.562.